The highest BCUT2D eigenvalue weighted by atomic mass is 35.5. The van der Waals surface area contributed by atoms with E-state index in [2.05, 4.69) is 20.8 Å². The molecular weight excluding hydrogens is 368 g/mol. The van der Waals surface area contributed by atoms with E-state index in [-0.39, 0.29) is 18.4 Å². The molecule has 8 heteroatoms. The lowest BCUT2D eigenvalue weighted by atomic mass is 10.2. The first-order valence-electron chi connectivity index (χ1n) is 8.16. The Balaban J connectivity index is 1.44. The van der Waals surface area contributed by atoms with Crippen LogP contribution in [0.15, 0.2) is 48.5 Å². The molecule has 2 N–H and O–H groups in total. The minimum atomic E-state index is -0.345. The molecule has 0 radical (unpaired) electrons. The molecule has 0 saturated carbocycles. The molecule has 27 heavy (non-hydrogen) atoms. The van der Waals surface area contributed by atoms with Gasteiger partial charge in [0.25, 0.3) is 5.91 Å². The molecule has 3 aromatic rings. The summed E-state index contributed by atoms with van der Waals surface area (Å²) in [6.07, 6.45) is 0. The maximum Gasteiger partial charge on any atom is 0.276 e. The fourth-order valence-corrected chi connectivity index (χ4v) is 2.82. The maximum atomic E-state index is 12.4. The van der Waals surface area contributed by atoms with Gasteiger partial charge in [0.2, 0.25) is 6.79 Å². The normalized spacial score (nSPS) is 11.9. The number of rotatable bonds is 4. The zero-order chi connectivity index (χ0) is 18.8. The van der Waals surface area contributed by atoms with E-state index < -0.39 is 0 Å². The molecule has 0 saturated heterocycles. The molecule has 0 bridgehead atoms. The van der Waals surface area contributed by atoms with Crippen LogP contribution >= 0.6 is 11.6 Å². The highest BCUT2D eigenvalue weighted by Crippen LogP contribution is 2.34. The Bertz CT molecular complexity index is 1010. The van der Waals surface area contributed by atoms with Crippen molar-refractivity contribution in [1.82, 2.24) is 10.2 Å². The van der Waals surface area contributed by atoms with Crippen LogP contribution in [0.25, 0.3) is 0 Å². The van der Waals surface area contributed by atoms with Crippen LogP contribution in [0.3, 0.4) is 0 Å². The van der Waals surface area contributed by atoms with Gasteiger partial charge >= 0.3 is 0 Å². The lowest BCUT2D eigenvalue weighted by Crippen LogP contribution is -2.15. The van der Waals surface area contributed by atoms with Gasteiger partial charge in [-0.2, -0.15) is 0 Å². The summed E-state index contributed by atoms with van der Waals surface area (Å²) < 4.78 is 10.6. The molecule has 0 unspecified atom stereocenters. The Labute approximate surface area is 160 Å². The second-order valence-corrected chi connectivity index (χ2v) is 6.35. The molecule has 0 aliphatic carbocycles. The van der Waals surface area contributed by atoms with E-state index in [4.69, 9.17) is 21.1 Å². The number of carbonyl (C=O) groups is 1. The van der Waals surface area contributed by atoms with E-state index in [0.29, 0.717) is 28.0 Å². The van der Waals surface area contributed by atoms with Gasteiger partial charge in [0.05, 0.1) is 0 Å². The van der Waals surface area contributed by atoms with Crippen molar-refractivity contribution in [2.45, 2.75) is 6.92 Å². The van der Waals surface area contributed by atoms with E-state index in [0.717, 1.165) is 11.3 Å². The number of hydrogen-bond donors (Lipinski definition) is 2. The fraction of sp³-hybridized carbons (Fsp3) is 0.105. The summed E-state index contributed by atoms with van der Waals surface area (Å²) in [6.45, 7) is 2.08. The first-order valence-corrected chi connectivity index (χ1v) is 8.54. The smallest absolute Gasteiger partial charge is 0.276 e. The van der Waals surface area contributed by atoms with Crippen molar-refractivity contribution in [3.8, 4) is 11.5 Å². The maximum absolute atomic E-state index is 12.4. The molecule has 2 heterocycles. The molecular formula is C19H15ClN4O3. The summed E-state index contributed by atoms with van der Waals surface area (Å²) in [5, 5.41) is 14.6. The molecule has 1 aliphatic rings. The van der Waals surface area contributed by atoms with E-state index >= 15 is 0 Å². The molecule has 1 aliphatic heterocycles. The molecule has 7 nitrogen and oxygen atoms in total. The zero-order valence-electron chi connectivity index (χ0n) is 14.3. The van der Waals surface area contributed by atoms with Crippen LogP contribution in [-0.4, -0.2) is 22.9 Å². The monoisotopic (exact) mass is 382 g/mol. The van der Waals surface area contributed by atoms with Crippen LogP contribution in [0.4, 0.5) is 17.2 Å². The first kappa shape index (κ1) is 17.1. The van der Waals surface area contributed by atoms with Crippen LogP contribution in [-0.2, 0) is 0 Å². The molecule has 1 aromatic heterocycles. The average Bonchev–Trinajstić information content (AvgIpc) is 3.12. The number of nitrogens with one attached hydrogen (secondary N) is 2. The van der Waals surface area contributed by atoms with E-state index in [1.807, 2.05) is 25.1 Å². The van der Waals surface area contributed by atoms with Gasteiger partial charge in [-0.1, -0.05) is 11.6 Å². The van der Waals surface area contributed by atoms with Crippen molar-refractivity contribution >= 4 is 34.7 Å². The van der Waals surface area contributed by atoms with E-state index in [1.54, 1.807) is 30.3 Å². The standard InChI is InChI=1S/C19H15ClN4O3/c1-11-8-12(20)2-4-14(11)22-19(25)15-5-7-18(24-23-15)21-13-3-6-16-17(9-13)27-10-26-16/h2-9H,10H2,1H3,(H,21,24)(H,22,25). The van der Waals surface area contributed by atoms with Crippen LogP contribution in [0.2, 0.25) is 5.02 Å². The van der Waals surface area contributed by atoms with Crippen LogP contribution < -0.4 is 20.1 Å². The predicted molar refractivity (Wildman–Crippen MR) is 102 cm³/mol. The van der Waals surface area contributed by atoms with Gasteiger partial charge in [0.15, 0.2) is 23.0 Å². The summed E-state index contributed by atoms with van der Waals surface area (Å²) in [5.74, 6) is 1.54. The third-order valence-electron chi connectivity index (χ3n) is 3.98. The number of amides is 1. The quantitative estimate of drug-likeness (QED) is 0.704. The molecule has 0 fully saturated rings. The Morgan fingerprint density at radius 2 is 1.89 bits per heavy atom. The number of benzene rings is 2. The third-order valence-corrected chi connectivity index (χ3v) is 4.21. The van der Waals surface area contributed by atoms with Gasteiger partial charge in [0, 0.05) is 22.5 Å². The lowest BCUT2D eigenvalue weighted by molar-refractivity contribution is 0.102. The van der Waals surface area contributed by atoms with Gasteiger partial charge in [-0.15, -0.1) is 10.2 Å². The Kier molecular flexibility index (Phi) is 4.52. The van der Waals surface area contributed by atoms with E-state index in [9.17, 15) is 4.79 Å². The summed E-state index contributed by atoms with van der Waals surface area (Å²) in [6, 6.07) is 14.0. The first-order chi connectivity index (χ1) is 13.1. The number of hydrogen-bond acceptors (Lipinski definition) is 6. The van der Waals surface area contributed by atoms with Gasteiger partial charge < -0.3 is 20.1 Å². The topological polar surface area (TPSA) is 85.4 Å². The van der Waals surface area contributed by atoms with Crippen LogP contribution in [0.1, 0.15) is 16.1 Å². The van der Waals surface area contributed by atoms with Crippen molar-refractivity contribution in [2.75, 3.05) is 17.4 Å². The Morgan fingerprint density at radius 1 is 1.04 bits per heavy atom. The number of aryl methyl sites for hydroxylation is 1. The van der Waals surface area contributed by atoms with Crippen molar-refractivity contribution in [1.29, 1.82) is 0 Å². The highest BCUT2D eigenvalue weighted by molar-refractivity contribution is 6.30. The second kappa shape index (κ2) is 7.13. The zero-order valence-corrected chi connectivity index (χ0v) is 15.1. The van der Waals surface area contributed by atoms with E-state index in [1.165, 1.54) is 0 Å². The Morgan fingerprint density at radius 3 is 2.67 bits per heavy atom. The molecule has 1 amide bonds. The summed E-state index contributed by atoms with van der Waals surface area (Å²) >= 11 is 5.93. The summed E-state index contributed by atoms with van der Waals surface area (Å²) in [7, 11) is 0. The van der Waals surface area contributed by atoms with Crippen molar-refractivity contribution in [3.63, 3.8) is 0 Å². The van der Waals surface area contributed by atoms with Crippen LogP contribution in [0.5, 0.6) is 11.5 Å². The number of fused-ring (bicyclic) bond motifs is 1. The third kappa shape index (κ3) is 3.78. The minimum absolute atomic E-state index is 0.209. The number of ether oxygens (including phenoxy) is 2. The molecule has 0 spiro atoms. The van der Waals surface area contributed by atoms with Gasteiger partial charge in [-0.3, -0.25) is 4.79 Å². The fourth-order valence-electron chi connectivity index (χ4n) is 2.60. The van der Waals surface area contributed by atoms with Gasteiger partial charge in [-0.25, -0.2) is 0 Å². The summed E-state index contributed by atoms with van der Waals surface area (Å²) in [5.41, 5.74) is 2.53. The number of carbonyl (C=O) groups excluding carboxylic acids is 1. The molecule has 136 valence electrons. The number of nitrogens with zero attached hydrogens (tertiary/aromatic N) is 2. The number of anilines is 3. The number of aromatic nitrogens is 2. The van der Waals surface area contributed by atoms with Crippen molar-refractivity contribution < 1.29 is 14.3 Å². The predicted octanol–water partition coefficient (Wildman–Crippen LogP) is 4.16. The van der Waals surface area contributed by atoms with Crippen molar-refractivity contribution in [2.24, 2.45) is 0 Å². The highest BCUT2D eigenvalue weighted by Gasteiger charge is 2.14. The SMILES string of the molecule is Cc1cc(Cl)ccc1NC(=O)c1ccc(Nc2ccc3c(c2)OCO3)nn1. The molecule has 0 atom stereocenters. The van der Waals surface area contributed by atoms with Crippen LogP contribution in [0, 0.1) is 6.92 Å². The van der Waals surface area contributed by atoms with Gasteiger partial charge in [-0.05, 0) is 55.0 Å². The molecule has 2 aromatic carbocycles. The lowest BCUT2D eigenvalue weighted by Gasteiger charge is -2.09. The largest absolute Gasteiger partial charge is 0.454 e. The summed E-state index contributed by atoms with van der Waals surface area (Å²) in [4.78, 5) is 12.4. The minimum Gasteiger partial charge on any atom is -0.454 e. The molecule has 4 rings (SSSR count). The number of halogens is 1. The van der Waals surface area contributed by atoms with Crippen molar-refractivity contribution in [3.05, 3.63) is 64.8 Å². The second-order valence-electron chi connectivity index (χ2n) is 5.91. The average molecular weight is 383 g/mol. The van der Waals surface area contributed by atoms with Gasteiger partial charge in [0.1, 0.15) is 0 Å². The Hall–Kier alpha value is -3.32.